The van der Waals surface area contributed by atoms with E-state index in [1.165, 1.54) is 17.4 Å². The van der Waals surface area contributed by atoms with E-state index in [1.54, 1.807) is 0 Å². The lowest BCUT2D eigenvalue weighted by Gasteiger charge is -2.04. The number of aliphatic hydroxyl groups is 1. The zero-order valence-electron chi connectivity index (χ0n) is 12.4. The van der Waals surface area contributed by atoms with E-state index in [1.807, 2.05) is 11.5 Å². The molecule has 1 aliphatic carbocycles. The highest BCUT2D eigenvalue weighted by Gasteiger charge is 2.23. The van der Waals surface area contributed by atoms with Gasteiger partial charge in [0.05, 0.1) is 0 Å². The zero-order valence-corrected chi connectivity index (χ0v) is 12.4. The van der Waals surface area contributed by atoms with Gasteiger partial charge in [-0.15, -0.1) is 5.10 Å². The normalized spacial score (nSPS) is 16.3. The van der Waals surface area contributed by atoms with Crippen molar-refractivity contribution < 1.29 is 5.11 Å². The van der Waals surface area contributed by atoms with Gasteiger partial charge in [0, 0.05) is 12.5 Å². The molecule has 4 rings (SSSR count). The van der Waals surface area contributed by atoms with Gasteiger partial charge in [0.25, 0.3) is 0 Å². The number of hydrogen-bond donors (Lipinski definition) is 2. The first-order valence-corrected chi connectivity index (χ1v) is 7.71. The molecule has 8 heteroatoms. The number of fused-ring (bicyclic) bond motifs is 2. The van der Waals surface area contributed by atoms with Crippen molar-refractivity contribution in [1.29, 1.82) is 0 Å². The van der Waals surface area contributed by atoms with E-state index in [0.717, 1.165) is 18.7 Å². The Morgan fingerprint density at radius 1 is 1.32 bits per heavy atom. The van der Waals surface area contributed by atoms with Gasteiger partial charge in [-0.1, -0.05) is 12.8 Å². The Hall–Kier alpha value is -2.22. The summed E-state index contributed by atoms with van der Waals surface area (Å²) in [5.74, 6) is 1.96. The number of nitrogens with one attached hydrogen (secondary N) is 1. The van der Waals surface area contributed by atoms with Crippen LogP contribution in [0.15, 0.2) is 4.79 Å². The lowest BCUT2D eigenvalue weighted by Crippen LogP contribution is -2.19. The summed E-state index contributed by atoms with van der Waals surface area (Å²) in [6.45, 7) is 2.31. The van der Waals surface area contributed by atoms with Crippen LogP contribution >= 0.6 is 0 Å². The molecule has 0 atom stereocenters. The Morgan fingerprint density at radius 2 is 2.09 bits per heavy atom. The summed E-state index contributed by atoms with van der Waals surface area (Å²) in [4.78, 5) is 24.7. The molecule has 116 valence electrons. The van der Waals surface area contributed by atoms with Gasteiger partial charge >= 0.3 is 5.56 Å². The highest BCUT2D eigenvalue weighted by atomic mass is 16.3. The number of rotatable bonds is 3. The van der Waals surface area contributed by atoms with Gasteiger partial charge in [0.1, 0.15) is 12.4 Å². The topological polar surface area (TPSA) is 101 Å². The fraction of sp³-hybridized carbons (Fsp3) is 0.571. The minimum Gasteiger partial charge on any atom is -0.388 e. The molecule has 0 spiro atoms. The fourth-order valence-corrected chi connectivity index (χ4v) is 3.33. The Kier molecular flexibility index (Phi) is 3.00. The summed E-state index contributed by atoms with van der Waals surface area (Å²) < 4.78 is 3.10. The third kappa shape index (κ3) is 1.80. The van der Waals surface area contributed by atoms with Crippen molar-refractivity contribution in [2.45, 2.75) is 51.7 Å². The second-order valence-corrected chi connectivity index (χ2v) is 5.75. The van der Waals surface area contributed by atoms with Crippen molar-refractivity contribution in [1.82, 2.24) is 29.1 Å². The molecule has 1 saturated carbocycles. The maximum absolute atomic E-state index is 12.6. The molecule has 3 heterocycles. The number of aryl methyl sites for hydroxylation is 1. The number of hydrogen-bond acceptors (Lipinski definition) is 5. The molecule has 3 aromatic rings. The number of aromatic nitrogens is 6. The quantitative estimate of drug-likeness (QED) is 0.749. The second kappa shape index (κ2) is 4.91. The van der Waals surface area contributed by atoms with E-state index in [0.29, 0.717) is 29.4 Å². The minimum absolute atomic E-state index is 0.239. The first-order chi connectivity index (χ1) is 10.7. The molecule has 1 fully saturated rings. The molecule has 22 heavy (non-hydrogen) atoms. The van der Waals surface area contributed by atoms with Crippen LogP contribution in [-0.4, -0.2) is 34.2 Å². The first-order valence-electron chi connectivity index (χ1n) is 7.71. The molecule has 0 aromatic carbocycles. The van der Waals surface area contributed by atoms with Crippen LogP contribution in [-0.2, 0) is 13.2 Å². The molecule has 0 saturated heterocycles. The standard InChI is InChI=1S/C14H18N6O2/c1-2-19-12-10(16-11(17-12)8-5-3-4-6-8)13(22)20-14(19)15-9(7-21)18-20/h8,21H,2-7H2,1H3,(H,16,17). The van der Waals surface area contributed by atoms with Gasteiger partial charge in [0.15, 0.2) is 17.0 Å². The zero-order chi connectivity index (χ0) is 15.3. The predicted molar refractivity (Wildman–Crippen MR) is 79.7 cm³/mol. The van der Waals surface area contributed by atoms with E-state index < -0.39 is 0 Å². The van der Waals surface area contributed by atoms with E-state index in [4.69, 9.17) is 0 Å². The van der Waals surface area contributed by atoms with Gasteiger partial charge in [-0.2, -0.15) is 9.50 Å². The maximum atomic E-state index is 12.6. The van der Waals surface area contributed by atoms with Crippen molar-refractivity contribution >= 4 is 16.9 Å². The molecule has 0 amide bonds. The van der Waals surface area contributed by atoms with E-state index in [-0.39, 0.29) is 18.0 Å². The molecule has 0 unspecified atom stereocenters. The van der Waals surface area contributed by atoms with Crippen LogP contribution in [0.4, 0.5) is 0 Å². The molecule has 0 aliphatic heterocycles. The number of aromatic amines is 1. The average Bonchev–Trinajstić information content (AvgIpc) is 3.26. The lowest BCUT2D eigenvalue weighted by atomic mass is 10.1. The van der Waals surface area contributed by atoms with Crippen LogP contribution in [0.25, 0.3) is 16.9 Å². The smallest absolute Gasteiger partial charge is 0.301 e. The van der Waals surface area contributed by atoms with E-state index in [2.05, 4.69) is 20.1 Å². The summed E-state index contributed by atoms with van der Waals surface area (Å²) >= 11 is 0. The van der Waals surface area contributed by atoms with Gasteiger partial charge in [-0.25, -0.2) is 4.98 Å². The SMILES string of the molecule is CCn1c2nc(C3CCCC3)[nH]c2c(=O)n2nc(CO)nc12. The van der Waals surface area contributed by atoms with Crippen LogP contribution in [0, 0.1) is 0 Å². The number of H-pyrrole nitrogens is 1. The summed E-state index contributed by atoms with van der Waals surface area (Å²) in [7, 11) is 0. The number of nitrogens with zero attached hydrogens (tertiary/aromatic N) is 5. The van der Waals surface area contributed by atoms with Gasteiger partial charge < -0.3 is 10.1 Å². The fourth-order valence-electron chi connectivity index (χ4n) is 3.33. The Morgan fingerprint density at radius 3 is 2.77 bits per heavy atom. The van der Waals surface area contributed by atoms with E-state index >= 15 is 0 Å². The highest BCUT2D eigenvalue weighted by Crippen LogP contribution is 2.33. The molecular weight excluding hydrogens is 284 g/mol. The molecule has 1 aliphatic rings. The van der Waals surface area contributed by atoms with Crippen molar-refractivity contribution in [3.8, 4) is 0 Å². The van der Waals surface area contributed by atoms with Crippen molar-refractivity contribution in [3.05, 3.63) is 22.0 Å². The van der Waals surface area contributed by atoms with Crippen LogP contribution in [0.1, 0.15) is 50.2 Å². The van der Waals surface area contributed by atoms with Crippen LogP contribution in [0.5, 0.6) is 0 Å². The summed E-state index contributed by atoms with van der Waals surface area (Å²) in [6.07, 6.45) is 4.66. The van der Waals surface area contributed by atoms with Crippen LogP contribution in [0.2, 0.25) is 0 Å². The highest BCUT2D eigenvalue weighted by molar-refractivity contribution is 5.72. The van der Waals surface area contributed by atoms with Crippen LogP contribution < -0.4 is 5.56 Å². The Balaban J connectivity index is 2.02. The molecule has 3 aromatic heterocycles. The van der Waals surface area contributed by atoms with E-state index in [9.17, 15) is 9.90 Å². The third-order valence-corrected chi connectivity index (χ3v) is 4.44. The second-order valence-electron chi connectivity index (χ2n) is 5.75. The molecular formula is C14H18N6O2. The molecule has 0 radical (unpaired) electrons. The summed E-state index contributed by atoms with van der Waals surface area (Å²) in [6, 6.07) is 0. The van der Waals surface area contributed by atoms with Gasteiger partial charge in [0.2, 0.25) is 5.78 Å². The lowest BCUT2D eigenvalue weighted by molar-refractivity contribution is 0.271. The molecule has 0 bridgehead atoms. The first kappa shape index (κ1) is 13.4. The van der Waals surface area contributed by atoms with Crippen molar-refractivity contribution in [2.75, 3.05) is 0 Å². The summed E-state index contributed by atoms with van der Waals surface area (Å²) in [5.41, 5.74) is 0.822. The van der Waals surface area contributed by atoms with Crippen molar-refractivity contribution in [3.63, 3.8) is 0 Å². The Bertz CT molecular complexity index is 899. The molecule has 2 N–H and O–H groups in total. The van der Waals surface area contributed by atoms with Crippen LogP contribution in [0.3, 0.4) is 0 Å². The number of aliphatic hydroxyl groups excluding tert-OH is 1. The predicted octanol–water partition coefficient (Wildman–Crippen LogP) is 0.937. The number of imidazole rings is 1. The van der Waals surface area contributed by atoms with Gasteiger partial charge in [-0.3, -0.25) is 9.36 Å². The monoisotopic (exact) mass is 302 g/mol. The summed E-state index contributed by atoms with van der Waals surface area (Å²) in [5, 5.41) is 13.3. The Labute approximate surface area is 125 Å². The largest absolute Gasteiger partial charge is 0.388 e. The average molecular weight is 302 g/mol. The third-order valence-electron chi connectivity index (χ3n) is 4.44. The minimum atomic E-state index is -0.292. The maximum Gasteiger partial charge on any atom is 0.301 e. The van der Waals surface area contributed by atoms with Crippen molar-refractivity contribution in [2.24, 2.45) is 0 Å². The molecule has 8 nitrogen and oxygen atoms in total. The van der Waals surface area contributed by atoms with Gasteiger partial charge in [-0.05, 0) is 19.8 Å².